The number of hydrogen-bond donors (Lipinski definition) is 2. The molecule has 3 atom stereocenters. The molecule has 0 saturated heterocycles. The third-order valence-electron chi connectivity index (χ3n) is 5.92. The Kier molecular flexibility index (Phi) is 4.55. The number of aliphatic imine (C=N–C) groups is 1. The van der Waals surface area contributed by atoms with Crippen LogP contribution in [0.1, 0.15) is 18.4 Å². The number of aromatic nitrogens is 2. The van der Waals surface area contributed by atoms with Crippen LogP contribution in [0.15, 0.2) is 41.7 Å². The Morgan fingerprint density at radius 2 is 1.94 bits per heavy atom. The molecule has 1 aromatic carbocycles. The molecule has 2 aromatic heterocycles. The fourth-order valence-corrected chi connectivity index (χ4v) is 4.59. The van der Waals surface area contributed by atoms with E-state index in [4.69, 9.17) is 17.3 Å². The minimum absolute atomic E-state index is 0.0285. The summed E-state index contributed by atoms with van der Waals surface area (Å²) in [4.78, 5) is 12.2. The molecule has 5 rings (SSSR count). The first-order valence-electron chi connectivity index (χ1n) is 9.58. The predicted molar refractivity (Wildman–Crippen MR) is 110 cm³/mol. The summed E-state index contributed by atoms with van der Waals surface area (Å²) in [5.41, 5.74) is 4.03. The monoisotopic (exact) mass is 449 g/mol. The van der Waals surface area contributed by atoms with Crippen molar-refractivity contribution in [1.82, 2.24) is 9.97 Å². The van der Waals surface area contributed by atoms with E-state index in [0.29, 0.717) is 12.8 Å². The van der Waals surface area contributed by atoms with E-state index in [0.717, 1.165) is 12.3 Å². The number of anilines is 2. The molecule has 1 fully saturated rings. The Hall–Kier alpha value is -2.94. The van der Waals surface area contributed by atoms with E-state index in [-0.39, 0.29) is 44.7 Å². The van der Waals surface area contributed by atoms with Gasteiger partial charge in [0, 0.05) is 29.3 Å². The highest BCUT2D eigenvalue weighted by Gasteiger charge is 2.62. The van der Waals surface area contributed by atoms with E-state index >= 15 is 0 Å². The molecule has 5 nitrogen and oxygen atoms in total. The van der Waals surface area contributed by atoms with Crippen LogP contribution < -0.4 is 11.1 Å². The first-order chi connectivity index (χ1) is 14.8. The Bertz CT molecular complexity index is 1230. The van der Waals surface area contributed by atoms with E-state index in [1.807, 2.05) is 0 Å². The van der Waals surface area contributed by atoms with Gasteiger partial charge in [0.1, 0.15) is 11.3 Å². The molecule has 0 bridgehead atoms. The molecule has 0 amide bonds. The van der Waals surface area contributed by atoms with Crippen molar-refractivity contribution < 1.29 is 17.6 Å². The first kappa shape index (κ1) is 20.0. The number of alkyl halides is 2. The molecule has 31 heavy (non-hydrogen) atoms. The van der Waals surface area contributed by atoms with Crippen molar-refractivity contribution in [3.05, 3.63) is 58.9 Å². The van der Waals surface area contributed by atoms with Gasteiger partial charge < -0.3 is 11.1 Å². The van der Waals surface area contributed by atoms with Crippen molar-refractivity contribution in [1.29, 1.82) is 0 Å². The van der Waals surface area contributed by atoms with Gasteiger partial charge in [0.05, 0.1) is 17.1 Å². The van der Waals surface area contributed by atoms with E-state index in [2.05, 4.69) is 20.3 Å². The zero-order chi connectivity index (χ0) is 21.9. The van der Waals surface area contributed by atoms with Crippen molar-refractivity contribution in [3.63, 3.8) is 0 Å². The lowest BCUT2D eigenvalue weighted by Crippen LogP contribution is -2.41. The van der Waals surface area contributed by atoms with Crippen LogP contribution in [0, 0.1) is 23.5 Å². The van der Waals surface area contributed by atoms with Gasteiger partial charge in [-0.1, -0.05) is 11.6 Å². The molecule has 3 heterocycles. The number of benzene rings is 1. The second-order valence-electron chi connectivity index (χ2n) is 7.86. The van der Waals surface area contributed by atoms with Crippen LogP contribution in [-0.2, 0) is 5.54 Å². The molecule has 1 aliphatic heterocycles. The van der Waals surface area contributed by atoms with Gasteiger partial charge in [-0.3, -0.25) is 9.98 Å². The summed E-state index contributed by atoms with van der Waals surface area (Å²) in [6, 6.07) is 5.16. The largest absolute Gasteiger partial charge is 0.387 e. The number of pyridine rings is 2. The lowest BCUT2D eigenvalue weighted by atomic mass is 9.82. The molecular formula is C21H16ClF4N5. The Balaban J connectivity index is 1.60. The highest BCUT2D eigenvalue weighted by atomic mass is 35.5. The van der Waals surface area contributed by atoms with Crippen LogP contribution in [0.4, 0.5) is 29.1 Å². The molecule has 160 valence electrons. The number of nitrogens with one attached hydrogen (secondary N) is 1. The van der Waals surface area contributed by atoms with Crippen LogP contribution >= 0.6 is 11.6 Å². The van der Waals surface area contributed by atoms with Crippen LogP contribution in [0.5, 0.6) is 0 Å². The van der Waals surface area contributed by atoms with Crippen molar-refractivity contribution in [2.24, 2.45) is 22.6 Å². The molecule has 2 aliphatic rings. The van der Waals surface area contributed by atoms with E-state index in [9.17, 15) is 17.6 Å². The van der Waals surface area contributed by atoms with E-state index < -0.39 is 29.5 Å². The van der Waals surface area contributed by atoms with Gasteiger partial charge in [0.25, 0.3) is 6.43 Å². The molecule has 3 aromatic rings. The second-order valence-corrected chi connectivity index (χ2v) is 8.30. The number of hydrogen-bond acceptors (Lipinski definition) is 5. The quantitative estimate of drug-likeness (QED) is 0.539. The Labute approximate surface area is 179 Å². The lowest BCUT2D eigenvalue weighted by Gasteiger charge is -2.34. The van der Waals surface area contributed by atoms with Gasteiger partial charge in [0.15, 0.2) is 17.2 Å². The predicted octanol–water partition coefficient (Wildman–Crippen LogP) is 5.16. The molecule has 0 radical (unpaired) electrons. The molecular weight excluding hydrogens is 434 g/mol. The fraction of sp³-hybridized carbons (Fsp3) is 0.286. The molecule has 0 spiro atoms. The maximum Gasteiger partial charge on any atom is 0.267 e. The zero-order valence-corrected chi connectivity index (χ0v) is 16.7. The number of halogens is 5. The Morgan fingerprint density at radius 1 is 1.13 bits per heavy atom. The highest BCUT2D eigenvalue weighted by Crippen LogP contribution is 2.60. The summed E-state index contributed by atoms with van der Waals surface area (Å²) < 4.78 is 57.6. The van der Waals surface area contributed by atoms with Gasteiger partial charge >= 0.3 is 0 Å². The Morgan fingerprint density at radius 3 is 2.71 bits per heavy atom. The third-order valence-corrected chi connectivity index (χ3v) is 6.13. The first-order valence-corrected chi connectivity index (χ1v) is 9.96. The highest BCUT2D eigenvalue weighted by molar-refractivity contribution is 6.31. The summed E-state index contributed by atoms with van der Waals surface area (Å²) >= 11 is 5.90. The number of amidine groups is 1. The van der Waals surface area contributed by atoms with Crippen LogP contribution in [0.25, 0.3) is 10.9 Å². The van der Waals surface area contributed by atoms with Gasteiger partial charge in [-0.15, -0.1) is 0 Å². The summed E-state index contributed by atoms with van der Waals surface area (Å²) in [6.45, 7) is 0. The SMILES string of the molecule is NC1=N[C@@](c2cc(Nc3ncc(F)c4cc(Cl)cnc34)ccc2F)(C(F)F)[C@H]2C[C@H]2C1. The number of rotatable bonds is 4. The molecule has 10 heteroatoms. The molecule has 0 unspecified atom stereocenters. The normalized spacial score (nSPS) is 24.8. The topological polar surface area (TPSA) is 76.2 Å². The third kappa shape index (κ3) is 3.18. The maximum atomic E-state index is 14.8. The van der Waals surface area contributed by atoms with Crippen LogP contribution in [0.2, 0.25) is 5.02 Å². The van der Waals surface area contributed by atoms with Gasteiger partial charge in [-0.05, 0) is 42.5 Å². The fourth-order valence-electron chi connectivity index (χ4n) is 4.44. The molecule has 3 N–H and O–H groups in total. The van der Waals surface area contributed by atoms with Gasteiger partial charge in [-0.2, -0.15) is 0 Å². The summed E-state index contributed by atoms with van der Waals surface area (Å²) in [5, 5.41) is 3.31. The average Bonchev–Trinajstić information content (AvgIpc) is 3.50. The molecule has 1 saturated carbocycles. The second kappa shape index (κ2) is 7.05. The van der Waals surface area contributed by atoms with Gasteiger partial charge in [-0.25, -0.2) is 22.5 Å². The standard InChI is InChI=1S/C21H16ClF4N5/c22-10-5-12-16(24)8-29-19(18(12)28-7-10)30-11-1-2-15(23)14(6-11)21(20(25)26)13-3-9(13)4-17(27)31-21/h1-2,5-9,13,20H,3-4H2,(H2,27,31)(H,29,30)/t9-,13-,21-/m0/s1. The van der Waals surface area contributed by atoms with Crippen LogP contribution in [0.3, 0.4) is 0 Å². The van der Waals surface area contributed by atoms with E-state index in [1.165, 1.54) is 24.4 Å². The van der Waals surface area contributed by atoms with Crippen molar-refractivity contribution >= 4 is 39.8 Å². The van der Waals surface area contributed by atoms with Crippen molar-refractivity contribution in [3.8, 4) is 0 Å². The minimum Gasteiger partial charge on any atom is -0.387 e. The number of fused-ring (bicyclic) bond motifs is 2. The van der Waals surface area contributed by atoms with Crippen LogP contribution in [-0.4, -0.2) is 22.2 Å². The summed E-state index contributed by atoms with van der Waals surface area (Å²) in [6.07, 6.45) is 0.359. The average molecular weight is 450 g/mol. The number of nitrogens with two attached hydrogens (primary N) is 1. The summed E-state index contributed by atoms with van der Waals surface area (Å²) in [5.74, 6) is -1.63. The summed E-state index contributed by atoms with van der Waals surface area (Å²) in [7, 11) is 0. The molecule has 1 aliphatic carbocycles. The zero-order valence-electron chi connectivity index (χ0n) is 15.9. The number of nitrogens with zero attached hydrogens (tertiary/aromatic N) is 3. The minimum atomic E-state index is -2.93. The van der Waals surface area contributed by atoms with Gasteiger partial charge in [0.2, 0.25) is 0 Å². The van der Waals surface area contributed by atoms with Crippen molar-refractivity contribution in [2.75, 3.05) is 5.32 Å². The smallest absolute Gasteiger partial charge is 0.267 e. The lowest BCUT2D eigenvalue weighted by molar-refractivity contribution is 0.0322. The van der Waals surface area contributed by atoms with E-state index in [1.54, 1.807) is 0 Å². The van der Waals surface area contributed by atoms with Crippen molar-refractivity contribution in [2.45, 2.75) is 24.8 Å². The maximum absolute atomic E-state index is 14.8.